The summed E-state index contributed by atoms with van der Waals surface area (Å²) in [6.07, 6.45) is 0. The third kappa shape index (κ3) is 2.67. The van der Waals surface area contributed by atoms with E-state index in [0.29, 0.717) is 16.9 Å². The maximum atomic E-state index is 13.6. The topological polar surface area (TPSA) is 49.7 Å². The molecule has 0 aliphatic carbocycles. The Kier molecular flexibility index (Phi) is 3.92. The third-order valence-electron chi connectivity index (χ3n) is 2.52. The van der Waals surface area contributed by atoms with Crippen LogP contribution in [0.3, 0.4) is 0 Å². The Labute approximate surface area is 104 Å². The lowest BCUT2D eigenvalue weighted by Gasteiger charge is -2.11. The lowest BCUT2D eigenvalue weighted by molar-refractivity contribution is 0.273. The van der Waals surface area contributed by atoms with Gasteiger partial charge in [-0.15, -0.1) is 0 Å². The van der Waals surface area contributed by atoms with Crippen molar-refractivity contribution in [2.45, 2.75) is 13.2 Å². The van der Waals surface area contributed by atoms with Gasteiger partial charge >= 0.3 is 0 Å². The van der Waals surface area contributed by atoms with Gasteiger partial charge in [-0.05, 0) is 23.8 Å². The Balaban J connectivity index is 2.33. The van der Waals surface area contributed by atoms with E-state index in [1.807, 2.05) is 0 Å². The van der Waals surface area contributed by atoms with E-state index in [1.165, 1.54) is 12.1 Å². The molecule has 0 spiro atoms. The molecular formula is C14H13FO3. The maximum absolute atomic E-state index is 13.6. The second-order valence-corrected chi connectivity index (χ2v) is 3.79. The minimum atomic E-state index is -0.532. The van der Waals surface area contributed by atoms with E-state index >= 15 is 0 Å². The van der Waals surface area contributed by atoms with Gasteiger partial charge in [0.2, 0.25) is 0 Å². The highest BCUT2D eigenvalue weighted by Crippen LogP contribution is 2.28. The monoisotopic (exact) mass is 248 g/mol. The largest absolute Gasteiger partial charge is 0.454 e. The number of benzene rings is 2. The van der Waals surface area contributed by atoms with Crippen LogP contribution in [0.15, 0.2) is 42.5 Å². The SMILES string of the molecule is OCc1cccc(Oc2c(F)cccc2CO)c1. The van der Waals surface area contributed by atoms with Crippen molar-refractivity contribution in [3.05, 3.63) is 59.4 Å². The second-order valence-electron chi connectivity index (χ2n) is 3.79. The van der Waals surface area contributed by atoms with E-state index in [9.17, 15) is 4.39 Å². The zero-order valence-corrected chi connectivity index (χ0v) is 9.64. The lowest BCUT2D eigenvalue weighted by atomic mass is 10.2. The second kappa shape index (κ2) is 5.62. The van der Waals surface area contributed by atoms with Gasteiger partial charge < -0.3 is 14.9 Å². The van der Waals surface area contributed by atoms with Crippen LogP contribution in [-0.4, -0.2) is 10.2 Å². The van der Waals surface area contributed by atoms with Gasteiger partial charge in [-0.25, -0.2) is 4.39 Å². The van der Waals surface area contributed by atoms with Crippen LogP contribution < -0.4 is 4.74 Å². The number of rotatable bonds is 4. The summed E-state index contributed by atoms with van der Waals surface area (Å²) in [6, 6.07) is 11.1. The van der Waals surface area contributed by atoms with Gasteiger partial charge in [0.25, 0.3) is 0 Å². The molecule has 0 unspecified atom stereocenters. The summed E-state index contributed by atoms with van der Waals surface area (Å²) >= 11 is 0. The van der Waals surface area contributed by atoms with Crippen LogP contribution in [0.1, 0.15) is 11.1 Å². The van der Waals surface area contributed by atoms with Crippen LogP contribution in [0.2, 0.25) is 0 Å². The number of ether oxygens (including phenoxy) is 1. The highest BCUT2D eigenvalue weighted by Gasteiger charge is 2.10. The molecule has 0 fully saturated rings. The number of aliphatic hydroxyl groups is 2. The molecule has 0 amide bonds. The van der Waals surface area contributed by atoms with Gasteiger partial charge in [0.1, 0.15) is 5.75 Å². The summed E-state index contributed by atoms with van der Waals surface area (Å²) in [6.45, 7) is -0.409. The summed E-state index contributed by atoms with van der Waals surface area (Å²) in [5, 5.41) is 18.1. The van der Waals surface area contributed by atoms with Crippen LogP contribution in [0, 0.1) is 5.82 Å². The van der Waals surface area contributed by atoms with Crippen LogP contribution in [0.5, 0.6) is 11.5 Å². The molecule has 0 saturated heterocycles. The highest BCUT2D eigenvalue weighted by atomic mass is 19.1. The van der Waals surface area contributed by atoms with E-state index < -0.39 is 5.82 Å². The molecule has 0 atom stereocenters. The number of hydrogen-bond donors (Lipinski definition) is 2. The Morgan fingerprint density at radius 1 is 1.00 bits per heavy atom. The molecule has 0 aromatic heterocycles. The average molecular weight is 248 g/mol. The number of aliphatic hydroxyl groups excluding tert-OH is 2. The van der Waals surface area contributed by atoms with Gasteiger partial charge in [-0.1, -0.05) is 24.3 Å². The molecule has 0 radical (unpaired) electrons. The van der Waals surface area contributed by atoms with Crippen molar-refractivity contribution in [2.75, 3.05) is 0 Å². The normalized spacial score (nSPS) is 10.4. The van der Waals surface area contributed by atoms with E-state index in [-0.39, 0.29) is 19.0 Å². The quantitative estimate of drug-likeness (QED) is 0.874. The molecule has 0 heterocycles. The predicted molar refractivity (Wildman–Crippen MR) is 64.8 cm³/mol. The summed E-state index contributed by atoms with van der Waals surface area (Å²) in [5.74, 6) is -0.104. The number of halogens is 1. The van der Waals surface area contributed by atoms with Crippen LogP contribution in [0.25, 0.3) is 0 Å². The first-order chi connectivity index (χ1) is 8.74. The Morgan fingerprint density at radius 2 is 1.78 bits per heavy atom. The van der Waals surface area contributed by atoms with Crippen molar-refractivity contribution >= 4 is 0 Å². The lowest BCUT2D eigenvalue weighted by Crippen LogP contribution is -1.95. The Bertz CT molecular complexity index is 540. The first-order valence-corrected chi connectivity index (χ1v) is 5.50. The highest BCUT2D eigenvalue weighted by molar-refractivity contribution is 5.39. The zero-order chi connectivity index (χ0) is 13.0. The van der Waals surface area contributed by atoms with Crippen molar-refractivity contribution in [1.82, 2.24) is 0 Å². The predicted octanol–water partition coefficient (Wildman–Crippen LogP) is 2.60. The van der Waals surface area contributed by atoms with Gasteiger partial charge in [-0.2, -0.15) is 0 Å². The minimum Gasteiger partial charge on any atom is -0.454 e. The van der Waals surface area contributed by atoms with Crippen LogP contribution >= 0.6 is 0 Å². The standard InChI is InChI=1S/C14H13FO3/c15-13-6-2-4-11(9-17)14(13)18-12-5-1-3-10(7-12)8-16/h1-7,16-17H,8-9H2. The molecule has 0 saturated carbocycles. The molecule has 3 nitrogen and oxygen atoms in total. The first-order valence-electron chi connectivity index (χ1n) is 5.50. The minimum absolute atomic E-state index is 0.00934. The van der Waals surface area contributed by atoms with Crippen molar-refractivity contribution in [3.63, 3.8) is 0 Å². The smallest absolute Gasteiger partial charge is 0.168 e. The van der Waals surface area contributed by atoms with E-state index in [0.717, 1.165) is 0 Å². The van der Waals surface area contributed by atoms with Gasteiger partial charge in [0.05, 0.1) is 13.2 Å². The van der Waals surface area contributed by atoms with Crippen molar-refractivity contribution in [2.24, 2.45) is 0 Å². The third-order valence-corrected chi connectivity index (χ3v) is 2.52. The Morgan fingerprint density at radius 3 is 2.50 bits per heavy atom. The van der Waals surface area contributed by atoms with Crippen molar-refractivity contribution in [3.8, 4) is 11.5 Å². The summed E-state index contributed by atoms with van der Waals surface area (Å²) in [5.41, 5.74) is 1.05. The van der Waals surface area contributed by atoms with Crippen LogP contribution in [0.4, 0.5) is 4.39 Å². The summed E-state index contributed by atoms with van der Waals surface area (Å²) < 4.78 is 19.0. The number of hydrogen-bond acceptors (Lipinski definition) is 3. The fourth-order valence-corrected chi connectivity index (χ4v) is 1.62. The number of para-hydroxylation sites is 1. The summed E-state index contributed by atoms with van der Waals surface area (Å²) in [4.78, 5) is 0. The van der Waals surface area contributed by atoms with Crippen LogP contribution in [-0.2, 0) is 13.2 Å². The molecule has 2 aromatic carbocycles. The molecule has 0 aliphatic rings. The molecule has 94 valence electrons. The van der Waals surface area contributed by atoms with Crippen molar-refractivity contribution < 1.29 is 19.3 Å². The fraction of sp³-hybridized carbons (Fsp3) is 0.143. The van der Waals surface area contributed by atoms with Gasteiger partial charge in [0, 0.05) is 5.56 Å². The van der Waals surface area contributed by atoms with Gasteiger partial charge in [0.15, 0.2) is 11.6 Å². The Hall–Kier alpha value is -1.91. The van der Waals surface area contributed by atoms with Gasteiger partial charge in [-0.3, -0.25) is 0 Å². The summed E-state index contributed by atoms with van der Waals surface area (Å²) in [7, 11) is 0. The molecule has 0 aliphatic heterocycles. The molecule has 0 bridgehead atoms. The fourth-order valence-electron chi connectivity index (χ4n) is 1.62. The molecule has 2 aromatic rings. The molecule has 2 rings (SSSR count). The zero-order valence-electron chi connectivity index (χ0n) is 9.64. The first kappa shape index (κ1) is 12.5. The van der Waals surface area contributed by atoms with E-state index in [2.05, 4.69) is 0 Å². The maximum Gasteiger partial charge on any atom is 0.168 e. The average Bonchev–Trinajstić information content (AvgIpc) is 2.41. The van der Waals surface area contributed by atoms with Crippen molar-refractivity contribution in [1.29, 1.82) is 0 Å². The molecule has 18 heavy (non-hydrogen) atoms. The molecule has 2 N–H and O–H groups in total. The molecule has 4 heteroatoms. The molecular weight excluding hydrogens is 235 g/mol. The van der Waals surface area contributed by atoms with E-state index in [4.69, 9.17) is 14.9 Å². The van der Waals surface area contributed by atoms with E-state index in [1.54, 1.807) is 30.3 Å².